The highest BCUT2D eigenvalue weighted by Gasteiger charge is 2.23. The molecule has 0 aromatic heterocycles. The lowest BCUT2D eigenvalue weighted by Gasteiger charge is -2.35. The number of carbonyl (C=O) groups is 2. The van der Waals surface area contributed by atoms with E-state index >= 15 is 0 Å². The molecule has 2 aliphatic rings. The SMILES string of the molecule is CC(C)(C)NC(=O)CN1CCN(C(=O)CSc2ccc3c(c2)CCC3)CC1. The van der Waals surface area contributed by atoms with Crippen molar-refractivity contribution in [2.75, 3.05) is 38.5 Å². The van der Waals surface area contributed by atoms with Gasteiger partial charge in [0.05, 0.1) is 12.3 Å². The zero-order valence-electron chi connectivity index (χ0n) is 16.7. The van der Waals surface area contributed by atoms with Crippen molar-refractivity contribution in [1.82, 2.24) is 15.1 Å². The maximum absolute atomic E-state index is 12.5. The van der Waals surface area contributed by atoms with Crippen LogP contribution in [-0.2, 0) is 22.4 Å². The predicted molar refractivity (Wildman–Crippen MR) is 110 cm³/mol. The second kappa shape index (κ2) is 8.65. The van der Waals surface area contributed by atoms with E-state index in [1.165, 1.54) is 35.3 Å². The van der Waals surface area contributed by atoms with Crippen molar-refractivity contribution in [2.24, 2.45) is 0 Å². The van der Waals surface area contributed by atoms with Crippen LogP contribution < -0.4 is 5.32 Å². The van der Waals surface area contributed by atoms with Gasteiger partial charge in [0.25, 0.3) is 0 Å². The van der Waals surface area contributed by atoms with Gasteiger partial charge >= 0.3 is 0 Å². The van der Waals surface area contributed by atoms with E-state index in [2.05, 4.69) is 28.4 Å². The predicted octanol–water partition coefficient (Wildman–Crippen LogP) is 2.33. The molecule has 1 fully saturated rings. The number of amides is 2. The molecular formula is C21H31N3O2S. The van der Waals surface area contributed by atoms with Gasteiger partial charge in [0.15, 0.2) is 0 Å². The fraction of sp³-hybridized carbons (Fsp3) is 0.619. The number of benzene rings is 1. The van der Waals surface area contributed by atoms with Crippen molar-refractivity contribution in [1.29, 1.82) is 0 Å². The van der Waals surface area contributed by atoms with E-state index in [1.54, 1.807) is 11.8 Å². The van der Waals surface area contributed by atoms with E-state index in [4.69, 9.17) is 0 Å². The Labute approximate surface area is 166 Å². The highest BCUT2D eigenvalue weighted by atomic mass is 32.2. The van der Waals surface area contributed by atoms with Crippen molar-refractivity contribution in [3.63, 3.8) is 0 Å². The van der Waals surface area contributed by atoms with E-state index < -0.39 is 0 Å². The van der Waals surface area contributed by atoms with Crippen LogP contribution in [-0.4, -0.2) is 65.6 Å². The van der Waals surface area contributed by atoms with E-state index in [1.807, 2.05) is 25.7 Å². The third kappa shape index (κ3) is 5.98. The standard InChI is InChI=1S/C21H31N3O2S/c1-21(2,3)22-19(25)14-23-9-11-24(12-10-23)20(26)15-27-18-8-7-16-5-4-6-17(16)13-18/h7-8,13H,4-6,9-12,14-15H2,1-3H3,(H,22,25). The van der Waals surface area contributed by atoms with Crippen molar-refractivity contribution in [3.05, 3.63) is 29.3 Å². The minimum absolute atomic E-state index is 0.0504. The molecule has 1 aliphatic heterocycles. The Hall–Kier alpha value is -1.53. The highest BCUT2D eigenvalue weighted by Crippen LogP contribution is 2.27. The average molecular weight is 390 g/mol. The summed E-state index contributed by atoms with van der Waals surface area (Å²) >= 11 is 1.64. The number of hydrogen-bond donors (Lipinski definition) is 1. The number of hydrogen-bond acceptors (Lipinski definition) is 4. The Morgan fingerprint density at radius 2 is 1.78 bits per heavy atom. The molecule has 6 heteroatoms. The first-order chi connectivity index (χ1) is 12.8. The lowest BCUT2D eigenvalue weighted by atomic mass is 10.1. The van der Waals surface area contributed by atoms with Gasteiger partial charge in [0.1, 0.15) is 0 Å². The minimum atomic E-state index is -0.205. The molecule has 0 radical (unpaired) electrons. The number of nitrogens with zero attached hydrogens (tertiary/aromatic N) is 2. The van der Waals surface area contributed by atoms with Crippen LogP contribution in [0.1, 0.15) is 38.3 Å². The first-order valence-electron chi connectivity index (χ1n) is 9.86. The molecular weight excluding hydrogens is 358 g/mol. The van der Waals surface area contributed by atoms with Gasteiger partial charge in [-0.3, -0.25) is 14.5 Å². The lowest BCUT2D eigenvalue weighted by Crippen LogP contribution is -2.53. The largest absolute Gasteiger partial charge is 0.350 e. The number of thioether (sulfide) groups is 1. The molecule has 0 bridgehead atoms. The van der Waals surface area contributed by atoms with Gasteiger partial charge < -0.3 is 10.2 Å². The quantitative estimate of drug-likeness (QED) is 0.786. The molecule has 1 aromatic rings. The van der Waals surface area contributed by atoms with Crippen LogP contribution >= 0.6 is 11.8 Å². The summed E-state index contributed by atoms with van der Waals surface area (Å²) in [5.41, 5.74) is 2.72. The van der Waals surface area contributed by atoms with E-state index in [0.717, 1.165) is 13.1 Å². The first kappa shape index (κ1) is 20.2. The van der Waals surface area contributed by atoms with Gasteiger partial charge in [0.2, 0.25) is 11.8 Å². The van der Waals surface area contributed by atoms with Crippen LogP contribution in [0.25, 0.3) is 0 Å². The fourth-order valence-corrected chi connectivity index (χ4v) is 4.55. The molecule has 1 aromatic carbocycles. The number of piperazine rings is 1. The average Bonchev–Trinajstić information content (AvgIpc) is 3.06. The second-order valence-corrected chi connectivity index (χ2v) is 9.58. The Balaban J connectivity index is 1.40. The number of nitrogens with one attached hydrogen (secondary N) is 1. The van der Waals surface area contributed by atoms with E-state index in [0.29, 0.717) is 25.4 Å². The number of rotatable bonds is 5. The minimum Gasteiger partial charge on any atom is -0.350 e. The third-order valence-electron chi connectivity index (χ3n) is 5.04. The Bertz CT molecular complexity index is 691. The summed E-state index contributed by atoms with van der Waals surface area (Å²) in [7, 11) is 0. The maximum atomic E-state index is 12.5. The molecule has 5 nitrogen and oxygen atoms in total. The van der Waals surface area contributed by atoms with Crippen molar-refractivity contribution in [3.8, 4) is 0 Å². The summed E-state index contributed by atoms with van der Waals surface area (Å²) in [4.78, 5) is 29.8. The van der Waals surface area contributed by atoms with Crippen LogP contribution in [0.5, 0.6) is 0 Å². The molecule has 0 saturated carbocycles. The Morgan fingerprint density at radius 1 is 1.07 bits per heavy atom. The van der Waals surface area contributed by atoms with Crippen LogP contribution in [0, 0.1) is 0 Å². The molecule has 1 aliphatic carbocycles. The van der Waals surface area contributed by atoms with Crippen LogP contribution in [0.2, 0.25) is 0 Å². The third-order valence-corrected chi connectivity index (χ3v) is 6.02. The van der Waals surface area contributed by atoms with Gasteiger partial charge in [-0.05, 0) is 63.3 Å². The molecule has 0 unspecified atom stereocenters. The second-order valence-electron chi connectivity index (χ2n) is 8.53. The zero-order valence-corrected chi connectivity index (χ0v) is 17.5. The smallest absolute Gasteiger partial charge is 0.234 e. The van der Waals surface area contributed by atoms with Crippen LogP contribution in [0.3, 0.4) is 0 Å². The lowest BCUT2D eigenvalue weighted by molar-refractivity contribution is -0.130. The van der Waals surface area contributed by atoms with Gasteiger partial charge in [-0.2, -0.15) is 0 Å². The molecule has 0 atom stereocenters. The van der Waals surface area contributed by atoms with Gasteiger partial charge in [-0.25, -0.2) is 0 Å². The van der Waals surface area contributed by atoms with Gasteiger partial charge in [-0.15, -0.1) is 11.8 Å². The number of carbonyl (C=O) groups excluding carboxylic acids is 2. The van der Waals surface area contributed by atoms with Crippen molar-refractivity contribution in [2.45, 2.75) is 50.5 Å². The fourth-order valence-electron chi connectivity index (χ4n) is 3.69. The van der Waals surface area contributed by atoms with E-state index in [9.17, 15) is 9.59 Å². The summed E-state index contributed by atoms with van der Waals surface area (Å²) < 4.78 is 0. The van der Waals surface area contributed by atoms with Crippen molar-refractivity contribution >= 4 is 23.6 Å². The number of aryl methyl sites for hydroxylation is 2. The van der Waals surface area contributed by atoms with Crippen LogP contribution in [0.15, 0.2) is 23.1 Å². The summed E-state index contributed by atoms with van der Waals surface area (Å²) in [5.74, 6) is 0.734. The monoisotopic (exact) mass is 389 g/mol. The maximum Gasteiger partial charge on any atom is 0.234 e. The first-order valence-corrected chi connectivity index (χ1v) is 10.8. The molecule has 27 heavy (non-hydrogen) atoms. The van der Waals surface area contributed by atoms with E-state index in [-0.39, 0.29) is 17.4 Å². The molecule has 148 valence electrons. The molecule has 1 saturated heterocycles. The summed E-state index contributed by atoms with van der Waals surface area (Å²) in [6.45, 7) is 9.28. The van der Waals surface area contributed by atoms with Gasteiger partial charge in [-0.1, -0.05) is 6.07 Å². The molecule has 0 spiro atoms. The molecule has 1 N–H and O–H groups in total. The molecule has 1 heterocycles. The Kier molecular flexibility index (Phi) is 6.48. The molecule has 3 rings (SSSR count). The zero-order chi connectivity index (χ0) is 19.4. The Morgan fingerprint density at radius 3 is 2.48 bits per heavy atom. The number of fused-ring (bicyclic) bond motifs is 1. The summed E-state index contributed by atoms with van der Waals surface area (Å²) in [6.07, 6.45) is 3.61. The topological polar surface area (TPSA) is 52.7 Å². The molecule has 2 amide bonds. The van der Waals surface area contributed by atoms with Crippen LogP contribution in [0.4, 0.5) is 0 Å². The highest BCUT2D eigenvalue weighted by molar-refractivity contribution is 8.00. The van der Waals surface area contributed by atoms with Gasteiger partial charge in [0, 0.05) is 36.6 Å². The summed E-state index contributed by atoms with van der Waals surface area (Å²) in [5, 5.41) is 2.99. The summed E-state index contributed by atoms with van der Waals surface area (Å²) in [6, 6.07) is 6.62. The normalized spacial score (nSPS) is 17.7. The van der Waals surface area contributed by atoms with Crippen molar-refractivity contribution < 1.29 is 9.59 Å².